The summed E-state index contributed by atoms with van der Waals surface area (Å²) in [6.07, 6.45) is 5.95. The van der Waals surface area contributed by atoms with E-state index in [4.69, 9.17) is 14.6 Å². The molecule has 0 aliphatic rings. The maximum atomic E-state index is 11.2. The quantitative estimate of drug-likeness (QED) is 0.403. The zero-order valence-corrected chi connectivity index (χ0v) is 16.4. The van der Waals surface area contributed by atoms with Crippen LogP contribution < -0.4 is 0 Å². The van der Waals surface area contributed by atoms with Gasteiger partial charge in [-0.15, -0.1) is 0 Å². The van der Waals surface area contributed by atoms with Gasteiger partial charge in [0.25, 0.3) is 0 Å². The summed E-state index contributed by atoms with van der Waals surface area (Å²) in [6, 6.07) is 8.71. The van der Waals surface area contributed by atoms with E-state index in [0.29, 0.717) is 19.0 Å². The van der Waals surface area contributed by atoms with Crippen molar-refractivity contribution in [2.75, 3.05) is 13.2 Å². The van der Waals surface area contributed by atoms with Crippen molar-refractivity contribution in [2.45, 2.75) is 66.2 Å². The number of hydrogen-bond acceptors (Lipinski definition) is 4. The van der Waals surface area contributed by atoms with Crippen molar-refractivity contribution in [1.29, 1.82) is 0 Å². The molecular weight excluding hydrogens is 316 g/mol. The van der Waals surface area contributed by atoms with Crippen LogP contribution in [0.1, 0.15) is 66.2 Å². The van der Waals surface area contributed by atoms with Crippen molar-refractivity contribution in [3.63, 3.8) is 0 Å². The number of rotatable bonds is 10. The van der Waals surface area contributed by atoms with E-state index in [2.05, 4.69) is 27.7 Å². The molecule has 4 nitrogen and oxygen atoms in total. The normalized spacial score (nSPS) is 10.3. The minimum Gasteiger partial charge on any atom is -0.508 e. The van der Waals surface area contributed by atoms with Gasteiger partial charge >= 0.3 is 6.16 Å². The Labute approximate surface area is 153 Å². The number of ether oxygens (including phenoxy) is 2. The Balaban J connectivity index is 0.000000676. The summed E-state index contributed by atoms with van der Waals surface area (Å²) in [5.41, 5.74) is 0. The third kappa shape index (κ3) is 18.5. The highest BCUT2D eigenvalue weighted by atomic mass is 16.7. The summed E-state index contributed by atoms with van der Waals surface area (Å²) < 4.78 is 9.98. The summed E-state index contributed by atoms with van der Waals surface area (Å²) in [6.45, 7) is 9.77. The lowest BCUT2D eigenvalue weighted by molar-refractivity contribution is 0.0527. The van der Waals surface area contributed by atoms with Crippen molar-refractivity contribution < 1.29 is 19.4 Å². The van der Waals surface area contributed by atoms with Gasteiger partial charge in [-0.3, -0.25) is 0 Å². The third-order valence-electron chi connectivity index (χ3n) is 3.55. The zero-order chi connectivity index (χ0) is 18.9. The lowest BCUT2D eigenvalue weighted by Crippen LogP contribution is -2.09. The molecule has 0 radical (unpaired) electrons. The zero-order valence-electron chi connectivity index (χ0n) is 16.4. The smallest absolute Gasteiger partial charge is 0.508 e. The van der Waals surface area contributed by atoms with Crippen LogP contribution in [0.2, 0.25) is 0 Å². The maximum absolute atomic E-state index is 11.2. The molecule has 144 valence electrons. The number of carbonyl (C=O) groups is 1. The van der Waals surface area contributed by atoms with Crippen LogP contribution in [-0.4, -0.2) is 24.5 Å². The lowest BCUT2D eigenvalue weighted by atomic mass is 10.1. The largest absolute Gasteiger partial charge is 0.508 e. The van der Waals surface area contributed by atoms with Gasteiger partial charge in [-0.25, -0.2) is 4.79 Å². The van der Waals surface area contributed by atoms with Gasteiger partial charge in [0.1, 0.15) is 5.75 Å². The number of aromatic hydroxyl groups is 1. The summed E-state index contributed by atoms with van der Waals surface area (Å²) in [5.74, 6) is 1.76. The van der Waals surface area contributed by atoms with Gasteiger partial charge in [0.05, 0.1) is 13.2 Å². The molecule has 0 bridgehead atoms. The molecule has 0 aliphatic heterocycles. The van der Waals surface area contributed by atoms with Gasteiger partial charge in [-0.2, -0.15) is 0 Å². The average Bonchev–Trinajstić information content (AvgIpc) is 2.55. The molecule has 1 rings (SSSR count). The first kappa shape index (κ1) is 23.3. The first-order chi connectivity index (χ1) is 11.9. The van der Waals surface area contributed by atoms with Crippen molar-refractivity contribution in [1.82, 2.24) is 0 Å². The number of phenols is 1. The van der Waals surface area contributed by atoms with Crippen LogP contribution in [0.5, 0.6) is 5.75 Å². The maximum Gasteiger partial charge on any atom is 0.508 e. The van der Waals surface area contributed by atoms with E-state index in [1.54, 1.807) is 24.3 Å². The van der Waals surface area contributed by atoms with Gasteiger partial charge in [0.2, 0.25) is 0 Å². The fourth-order valence-electron chi connectivity index (χ4n) is 2.09. The molecule has 25 heavy (non-hydrogen) atoms. The molecule has 0 saturated carbocycles. The minimum atomic E-state index is -0.510. The molecule has 0 fully saturated rings. The molecule has 0 aliphatic carbocycles. The molecule has 0 aromatic heterocycles. The molecular formula is C21H36O4. The molecule has 0 unspecified atom stereocenters. The van der Waals surface area contributed by atoms with E-state index in [1.165, 1.54) is 12.8 Å². The topological polar surface area (TPSA) is 55.8 Å². The second-order valence-electron chi connectivity index (χ2n) is 7.06. The SMILES string of the molecule is CC(C)CCCCOC(=O)OCCCCC(C)C.Oc1ccccc1. The first-order valence-electron chi connectivity index (χ1n) is 9.45. The minimum absolute atomic E-state index is 0.322. The van der Waals surface area contributed by atoms with E-state index in [9.17, 15) is 4.79 Å². The fourth-order valence-corrected chi connectivity index (χ4v) is 2.09. The predicted molar refractivity (Wildman–Crippen MR) is 103 cm³/mol. The number of phenolic OH excluding ortho intramolecular Hbond substituents is 1. The molecule has 0 amide bonds. The van der Waals surface area contributed by atoms with Crippen LogP contribution in [0.4, 0.5) is 4.79 Å². The Kier molecular flexibility index (Phi) is 14.7. The van der Waals surface area contributed by atoms with E-state index in [-0.39, 0.29) is 0 Å². The van der Waals surface area contributed by atoms with Crippen LogP contribution in [0, 0.1) is 11.8 Å². The van der Waals surface area contributed by atoms with Crippen LogP contribution >= 0.6 is 0 Å². The van der Waals surface area contributed by atoms with E-state index < -0.39 is 6.16 Å². The second-order valence-corrected chi connectivity index (χ2v) is 7.06. The van der Waals surface area contributed by atoms with Crippen LogP contribution in [0.25, 0.3) is 0 Å². The molecule has 4 heteroatoms. The highest BCUT2D eigenvalue weighted by molar-refractivity contribution is 5.59. The van der Waals surface area contributed by atoms with Crippen molar-refractivity contribution in [2.24, 2.45) is 11.8 Å². The number of benzene rings is 1. The van der Waals surface area contributed by atoms with E-state index in [1.807, 2.05) is 6.07 Å². The first-order valence-corrected chi connectivity index (χ1v) is 9.45. The second kappa shape index (κ2) is 15.8. The van der Waals surface area contributed by atoms with Crippen molar-refractivity contribution >= 4 is 6.16 Å². The molecule has 1 N–H and O–H groups in total. The fraction of sp³-hybridized carbons (Fsp3) is 0.667. The molecule has 1 aromatic carbocycles. The predicted octanol–water partition coefficient (Wildman–Crippen LogP) is 6.18. The van der Waals surface area contributed by atoms with Gasteiger partial charge in [-0.05, 0) is 49.7 Å². The Morgan fingerprint density at radius 3 is 1.60 bits per heavy atom. The summed E-state index contributed by atoms with van der Waals surface area (Å²) >= 11 is 0. The van der Waals surface area contributed by atoms with Gasteiger partial charge in [0, 0.05) is 0 Å². The Morgan fingerprint density at radius 2 is 1.28 bits per heavy atom. The van der Waals surface area contributed by atoms with Gasteiger partial charge in [-0.1, -0.05) is 58.7 Å². The number of para-hydroxylation sites is 1. The summed E-state index contributed by atoms with van der Waals surface area (Å²) in [5, 5.41) is 8.63. The Morgan fingerprint density at radius 1 is 0.840 bits per heavy atom. The number of unbranched alkanes of at least 4 members (excludes halogenated alkanes) is 2. The highest BCUT2D eigenvalue weighted by Crippen LogP contribution is 2.07. The highest BCUT2D eigenvalue weighted by Gasteiger charge is 2.03. The van der Waals surface area contributed by atoms with Crippen molar-refractivity contribution in [3.8, 4) is 5.75 Å². The van der Waals surface area contributed by atoms with Crippen LogP contribution in [-0.2, 0) is 9.47 Å². The third-order valence-corrected chi connectivity index (χ3v) is 3.55. The molecule has 0 heterocycles. The molecule has 0 spiro atoms. The monoisotopic (exact) mass is 352 g/mol. The lowest BCUT2D eigenvalue weighted by Gasteiger charge is -2.07. The van der Waals surface area contributed by atoms with Gasteiger partial charge in [0.15, 0.2) is 0 Å². The summed E-state index contributed by atoms with van der Waals surface area (Å²) in [7, 11) is 0. The van der Waals surface area contributed by atoms with Crippen molar-refractivity contribution in [3.05, 3.63) is 30.3 Å². The Hall–Kier alpha value is -1.71. The van der Waals surface area contributed by atoms with Crippen LogP contribution in [0.3, 0.4) is 0 Å². The Bertz CT molecular complexity index is 395. The number of carbonyl (C=O) groups excluding carboxylic acids is 1. The van der Waals surface area contributed by atoms with Gasteiger partial charge < -0.3 is 14.6 Å². The van der Waals surface area contributed by atoms with E-state index in [0.717, 1.165) is 37.5 Å². The molecule has 0 atom stereocenters. The van der Waals surface area contributed by atoms with E-state index >= 15 is 0 Å². The summed E-state index contributed by atoms with van der Waals surface area (Å²) in [4.78, 5) is 11.2. The molecule has 0 saturated heterocycles. The number of hydrogen-bond donors (Lipinski definition) is 1. The standard InChI is InChI=1S/C15H30O3.C6H6O/c1-13(2)9-5-7-11-17-15(16)18-12-8-6-10-14(3)4;7-6-4-2-1-3-5-6/h13-14H,5-12H2,1-4H3;1-5,7H. The van der Waals surface area contributed by atoms with Crippen LogP contribution in [0.15, 0.2) is 30.3 Å². The molecule has 1 aromatic rings. The average molecular weight is 353 g/mol.